The molecular formula is C19H17FN2O4. The summed E-state index contributed by atoms with van der Waals surface area (Å²) < 4.78 is 18.5. The molecule has 0 saturated heterocycles. The average Bonchev–Trinajstić information content (AvgIpc) is 3.01. The smallest absolute Gasteiger partial charge is 0.310 e. The molecule has 0 aliphatic carbocycles. The van der Waals surface area contributed by atoms with Crippen LogP contribution in [0.3, 0.4) is 0 Å². The molecule has 0 radical (unpaired) electrons. The fourth-order valence-electron chi connectivity index (χ4n) is 2.85. The van der Waals surface area contributed by atoms with Crippen LogP contribution in [0.15, 0.2) is 48.7 Å². The molecule has 6 nitrogen and oxygen atoms in total. The second-order valence-corrected chi connectivity index (χ2v) is 5.89. The molecule has 7 heteroatoms. The van der Waals surface area contributed by atoms with Crippen LogP contribution in [0.1, 0.15) is 17.5 Å². The zero-order chi connectivity index (χ0) is 18.5. The Morgan fingerprint density at radius 2 is 2.00 bits per heavy atom. The lowest BCUT2D eigenvalue weighted by Crippen LogP contribution is -2.10. The Morgan fingerprint density at radius 3 is 2.81 bits per heavy atom. The van der Waals surface area contributed by atoms with Gasteiger partial charge in [0, 0.05) is 28.7 Å². The van der Waals surface area contributed by atoms with Crippen LogP contribution in [0, 0.1) is 15.9 Å². The molecule has 1 aromatic heterocycles. The van der Waals surface area contributed by atoms with Crippen molar-refractivity contribution in [3.05, 3.63) is 75.7 Å². The maximum Gasteiger partial charge on any atom is 0.310 e. The number of ether oxygens (including phenoxy) is 1. The summed E-state index contributed by atoms with van der Waals surface area (Å²) in [4.78, 5) is 25.4. The van der Waals surface area contributed by atoms with Gasteiger partial charge in [-0.15, -0.1) is 0 Å². The summed E-state index contributed by atoms with van der Waals surface area (Å²) in [5, 5.41) is 11.8. The molecule has 0 bridgehead atoms. The van der Waals surface area contributed by atoms with E-state index < -0.39 is 10.9 Å². The van der Waals surface area contributed by atoms with Crippen molar-refractivity contribution < 1.29 is 18.8 Å². The summed E-state index contributed by atoms with van der Waals surface area (Å²) in [6, 6.07) is 10.7. The number of aromatic nitrogens is 1. The van der Waals surface area contributed by atoms with Gasteiger partial charge in [0.25, 0.3) is 5.69 Å². The van der Waals surface area contributed by atoms with Crippen molar-refractivity contribution in [3.8, 4) is 0 Å². The number of hydrogen-bond acceptors (Lipinski definition) is 4. The lowest BCUT2D eigenvalue weighted by atomic mass is 10.1. The molecule has 0 aliphatic heterocycles. The topological polar surface area (TPSA) is 85.2 Å². The quantitative estimate of drug-likeness (QED) is 0.301. The van der Waals surface area contributed by atoms with Gasteiger partial charge in [0.1, 0.15) is 5.82 Å². The van der Waals surface area contributed by atoms with Crippen LogP contribution in [0.4, 0.5) is 10.1 Å². The molecule has 0 fully saturated rings. The number of H-pyrrole nitrogens is 1. The number of hydrogen-bond donors (Lipinski definition) is 1. The number of fused-ring (bicyclic) bond motifs is 1. The van der Waals surface area contributed by atoms with E-state index >= 15 is 0 Å². The Balaban J connectivity index is 1.51. The van der Waals surface area contributed by atoms with Gasteiger partial charge in [0.15, 0.2) is 0 Å². The van der Waals surface area contributed by atoms with E-state index in [4.69, 9.17) is 4.74 Å². The number of carbonyl (C=O) groups is 1. The fraction of sp³-hybridized carbons (Fsp3) is 0.211. The predicted octanol–water partition coefficient (Wildman–Crippen LogP) is 3.93. The van der Waals surface area contributed by atoms with E-state index in [9.17, 15) is 19.3 Å². The number of para-hydroxylation sites is 1. The maximum absolute atomic E-state index is 13.4. The first-order valence-electron chi connectivity index (χ1n) is 8.18. The molecule has 0 spiro atoms. The molecule has 3 aromatic rings. The maximum atomic E-state index is 13.4. The highest BCUT2D eigenvalue weighted by Gasteiger charge is 2.16. The molecule has 1 N–H and O–H groups in total. The molecule has 1 heterocycles. The number of aromatic amines is 1. The summed E-state index contributed by atoms with van der Waals surface area (Å²) in [5.41, 5.74) is 2.05. The first-order chi connectivity index (χ1) is 12.5. The van der Waals surface area contributed by atoms with E-state index in [1.165, 1.54) is 18.2 Å². The summed E-state index contributed by atoms with van der Waals surface area (Å²) >= 11 is 0. The van der Waals surface area contributed by atoms with E-state index in [0.29, 0.717) is 18.4 Å². The third-order valence-corrected chi connectivity index (χ3v) is 4.11. The normalized spacial score (nSPS) is 10.8. The molecule has 2 aromatic carbocycles. The van der Waals surface area contributed by atoms with Crippen LogP contribution in [-0.4, -0.2) is 22.5 Å². The van der Waals surface area contributed by atoms with E-state index in [1.54, 1.807) is 24.3 Å². The minimum absolute atomic E-state index is 0.0923. The number of nitrogens with one attached hydrogen (secondary N) is 1. The summed E-state index contributed by atoms with van der Waals surface area (Å²) in [6.45, 7) is 0.196. The molecule has 0 atom stereocenters. The van der Waals surface area contributed by atoms with Gasteiger partial charge in [0.05, 0.1) is 18.0 Å². The molecule has 0 unspecified atom stereocenters. The van der Waals surface area contributed by atoms with E-state index in [-0.39, 0.29) is 24.5 Å². The fourth-order valence-corrected chi connectivity index (χ4v) is 2.85. The van der Waals surface area contributed by atoms with Crippen molar-refractivity contribution in [2.24, 2.45) is 0 Å². The SMILES string of the molecule is O=C(Cc1ccccc1[N+](=O)[O-])OCCCc1c[nH]c2ccc(F)cc12. The van der Waals surface area contributed by atoms with Crippen LogP contribution in [0.5, 0.6) is 0 Å². The lowest BCUT2D eigenvalue weighted by Gasteiger charge is -2.05. The number of nitro benzene ring substituents is 1. The van der Waals surface area contributed by atoms with Gasteiger partial charge >= 0.3 is 5.97 Å². The average molecular weight is 356 g/mol. The molecule has 0 amide bonds. The largest absolute Gasteiger partial charge is 0.465 e. The van der Waals surface area contributed by atoms with Crippen molar-refractivity contribution in [1.29, 1.82) is 0 Å². The first-order valence-corrected chi connectivity index (χ1v) is 8.18. The Bertz CT molecular complexity index is 952. The molecule has 26 heavy (non-hydrogen) atoms. The number of esters is 1. The van der Waals surface area contributed by atoms with Gasteiger partial charge in [-0.2, -0.15) is 0 Å². The van der Waals surface area contributed by atoms with Crippen molar-refractivity contribution in [1.82, 2.24) is 4.98 Å². The van der Waals surface area contributed by atoms with E-state index in [0.717, 1.165) is 16.5 Å². The highest BCUT2D eigenvalue weighted by molar-refractivity contribution is 5.83. The van der Waals surface area contributed by atoms with E-state index in [2.05, 4.69) is 4.98 Å². The number of carbonyl (C=O) groups excluding carboxylic acids is 1. The highest BCUT2D eigenvalue weighted by atomic mass is 19.1. The second kappa shape index (κ2) is 7.77. The van der Waals surface area contributed by atoms with Gasteiger partial charge in [-0.1, -0.05) is 18.2 Å². The minimum Gasteiger partial charge on any atom is -0.465 e. The van der Waals surface area contributed by atoms with Gasteiger partial charge in [-0.05, 0) is 36.6 Å². The number of nitrogens with zero attached hydrogens (tertiary/aromatic N) is 1. The Morgan fingerprint density at radius 1 is 1.19 bits per heavy atom. The molecule has 3 rings (SSSR count). The summed E-state index contributed by atoms with van der Waals surface area (Å²) in [6.07, 6.45) is 2.88. The third kappa shape index (κ3) is 4.05. The number of aryl methyl sites for hydroxylation is 1. The van der Waals surface area contributed by atoms with Crippen LogP contribution >= 0.6 is 0 Å². The van der Waals surface area contributed by atoms with Crippen LogP contribution in [0.25, 0.3) is 10.9 Å². The van der Waals surface area contributed by atoms with Crippen molar-refractivity contribution in [2.45, 2.75) is 19.3 Å². The zero-order valence-corrected chi connectivity index (χ0v) is 13.9. The number of nitro groups is 1. The van der Waals surface area contributed by atoms with Crippen molar-refractivity contribution >= 4 is 22.6 Å². The molecular weight excluding hydrogens is 339 g/mol. The minimum atomic E-state index is -0.515. The molecule has 0 aliphatic rings. The number of halogens is 1. The lowest BCUT2D eigenvalue weighted by molar-refractivity contribution is -0.385. The Hall–Kier alpha value is -3.22. The van der Waals surface area contributed by atoms with E-state index in [1.807, 2.05) is 6.20 Å². The van der Waals surface area contributed by atoms with Crippen LogP contribution in [0.2, 0.25) is 0 Å². The summed E-state index contributed by atoms with van der Waals surface area (Å²) in [7, 11) is 0. The molecule has 134 valence electrons. The van der Waals surface area contributed by atoms with Gasteiger partial charge in [0.2, 0.25) is 0 Å². The third-order valence-electron chi connectivity index (χ3n) is 4.11. The predicted molar refractivity (Wildman–Crippen MR) is 94.3 cm³/mol. The van der Waals surface area contributed by atoms with Gasteiger partial charge in [-0.25, -0.2) is 4.39 Å². The van der Waals surface area contributed by atoms with Crippen molar-refractivity contribution in [2.75, 3.05) is 6.61 Å². The van der Waals surface area contributed by atoms with Crippen LogP contribution in [-0.2, 0) is 22.4 Å². The first kappa shape index (κ1) is 17.6. The zero-order valence-electron chi connectivity index (χ0n) is 13.9. The van der Waals surface area contributed by atoms with Gasteiger partial charge in [-0.3, -0.25) is 14.9 Å². The Kier molecular flexibility index (Phi) is 5.26. The monoisotopic (exact) mass is 356 g/mol. The Labute approximate surface area is 148 Å². The summed E-state index contributed by atoms with van der Waals surface area (Å²) in [5.74, 6) is -0.807. The standard InChI is InChI=1S/C19H17FN2O4/c20-15-7-8-17-16(11-15)14(12-21-17)5-3-9-26-19(23)10-13-4-1-2-6-18(13)22(24)25/h1-2,4,6-8,11-12,21H,3,5,9-10H2. The van der Waals surface area contributed by atoms with Crippen LogP contribution < -0.4 is 0 Å². The van der Waals surface area contributed by atoms with Gasteiger partial charge < -0.3 is 9.72 Å². The number of rotatable bonds is 7. The molecule has 0 saturated carbocycles. The highest BCUT2D eigenvalue weighted by Crippen LogP contribution is 2.21. The second-order valence-electron chi connectivity index (χ2n) is 5.89. The number of benzene rings is 2. The van der Waals surface area contributed by atoms with Crippen molar-refractivity contribution in [3.63, 3.8) is 0 Å².